The monoisotopic (exact) mass is 277 g/mol. The number of nitrogens with zero attached hydrogens (tertiary/aromatic N) is 1. The Hall–Kier alpha value is -1.50. The predicted molar refractivity (Wildman–Crippen MR) is 52.1 cm³/mol. The average molecular weight is 278 g/mol. The number of benzene rings is 1. The molecule has 0 radical (unpaired) electrons. The van der Waals surface area contributed by atoms with Gasteiger partial charge in [0.25, 0.3) is 0 Å². The van der Waals surface area contributed by atoms with Gasteiger partial charge in [0, 0.05) is 4.47 Å². The maximum atomic E-state index is 13.1. The lowest BCUT2D eigenvalue weighted by atomic mass is 10.1. The van der Waals surface area contributed by atoms with Crippen LogP contribution in [0.4, 0.5) is 10.1 Å². The van der Waals surface area contributed by atoms with E-state index in [9.17, 15) is 19.3 Å². The van der Waals surface area contributed by atoms with Crippen LogP contribution in [0.15, 0.2) is 16.6 Å². The number of hydrogen-bond acceptors (Lipinski definition) is 3. The molecule has 0 bridgehead atoms. The second kappa shape index (κ2) is 4.35. The van der Waals surface area contributed by atoms with E-state index in [1.54, 1.807) is 0 Å². The molecule has 1 N–H and O–H groups in total. The van der Waals surface area contributed by atoms with Crippen molar-refractivity contribution >= 4 is 27.6 Å². The lowest BCUT2D eigenvalue weighted by molar-refractivity contribution is -0.388. The van der Waals surface area contributed by atoms with Gasteiger partial charge < -0.3 is 5.11 Å². The molecule has 1 aromatic carbocycles. The molecule has 0 heterocycles. The lowest BCUT2D eigenvalue weighted by Crippen LogP contribution is -2.06. The summed E-state index contributed by atoms with van der Waals surface area (Å²) >= 11 is 2.94. The van der Waals surface area contributed by atoms with Crippen molar-refractivity contribution in [3.05, 3.63) is 38.1 Å². The summed E-state index contributed by atoms with van der Waals surface area (Å²) < 4.78 is 13.3. The molecule has 5 nitrogen and oxygen atoms in total. The fourth-order valence-corrected chi connectivity index (χ4v) is 1.56. The quantitative estimate of drug-likeness (QED) is 0.678. The molecule has 7 heteroatoms. The minimum absolute atomic E-state index is 0.174. The van der Waals surface area contributed by atoms with Gasteiger partial charge in [-0.25, -0.2) is 0 Å². The van der Waals surface area contributed by atoms with E-state index in [-0.39, 0.29) is 10.0 Å². The summed E-state index contributed by atoms with van der Waals surface area (Å²) in [7, 11) is 0. The van der Waals surface area contributed by atoms with Gasteiger partial charge in [-0.2, -0.15) is 4.39 Å². The van der Waals surface area contributed by atoms with Crippen LogP contribution in [0.3, 0.4) is 0 Å². The van der Waals surface area contributed by atoms with E-state index in [0.29, 0.717) is 0 Å². The zero-order valence-electron chi connectivity index (χ0n) is 7.24. The van der Waals surface area contributed by atoms with E-state index in [4.69, 9.17) is 5.11 Å². The van der Waals surface area contributed by atoms with Gasteiger partial charge in [-0.15, -0.1) is 0 Å². The van der Waals surface area contributed by atoms with E-state index < -0.39 is 28.8 Å². The normalized spacial score (nSPS) is 10.0. The van der Waals surface area contributed by atoms with Crippen LogP contribution in [0, 0.1) is 15.9 Å². The van der Waals surface area contributed by atoms with Gasteiger partial charge in [0.2, 0.25) is 5.82 Å². The molecule has 0 fully saturated rings. The third-order valence-corrected chi connectivity index (χ3v) is 2.43. The molecular formula is C8H5BrFNO4. The van der Waals surface area contributed by atoms with Gasteiger partial charge in [0.05, 0.1) is 16.9 Å². The third kappa shape index (κ3) is 2.50. The van der Waals surface area contributed by atoms with Gasteiger partial charge >= 0.3 is 11.7 Å². The fourth-order valence-electron chi connectivity index (χ4n) is 1.10. The van der Waals surface area contributed by atoms with Crippen molar-refractivity contribution in [1.82, 2.24) is 0 Å². The Bertz CT molecular complexity index is 435. The van der Waals surface area contributed by atoms with Crippen LogP contribution in [-0.4, -0.2) is 16.0 Å². The Balaban J connectivity index is 3.38. The van der Waals surface area contributed by atoms with Crippen LogP contribution >= 0.6 is 15.9 Å². The van der Waals surface area contributed by atoms with Crippen LogP contribution in [0.5, 0.6) is 0 Å². The molecule has 15 heavy (non-hydrogen) atoms. The molecule has 0 aliphatic rings. The molecule has 0 saturated carbocycles. The average Bonchev–Trinajstić information content (AvgIpc) is 2.10. The molecule has 1 aromatic rings. The number of nitro groups is 1. The van der Waals surface area contributed by atoms with Crippen molar-refractivity contribution in [2.75, 3.05) is 0 Å². The van der Waals surface area contributed by atoms with Crippen molar-refractivity contribution in [1.29, 1.82) is 0 Å². The standard InChI is InChI=1S/C8H5BrFNO4/c9-5-1-2-6(10)8(11(14)15)4(5)3-7(12)13/h1-2H,3H2,(H,12,13). The smallest absolute Gasteiger partial charge is 0.309 e. The highest BCUT2D eigenvalue weighted by Gasteiger charge is 2.24. The minimum Gasteiger partial charge on any atom is -0.481 e. The molecule has 0 unspecified atom stereocenters. The van der Waals surface area contributed by atoms with Crippen molar-refractivity contribution in [3.63, 3.8) is 0 Å². The first kappa shape index (κ1) is 11.6. The Morgan fingerprint density at radius 3 is 2.67 bits per heavy atom. The Morgan fingerprint density at radius 2 is 2.20 bits per heavy atom. The van der Waals surface area contributed by atoms with Crippen LogP contribution in [0.25, 0.3) is 0 Å². The van der Waals surface area contributed by atoms with Crippen LogP contribution in [-0.2, 0) is 11.2 Å². The number of rotatable bonds is 3. The SMILES string of the molecule is O=C(O)Cc1c(Br)ccc(F)c1[N+](=O)[O-]. The summed E-state index contributed by atoms with van der Waals surface area (Å²) in [6.45, 7) is 0. The van der Waals surface area contributed by atoms with E-state index in [2.05, 4.69) is 15.9 Å². The van der Waals surface area contributed by atoms with E-state index in [0.717, 1.165) is 6.07 Å². The van der Waals surface area contributed by atoms with Crippen molar-refractivity contribution < 1.29 is 19.2 Å². The maximum absolute atomic E-state index is 13.1. The first-order valence-corrected chi connectivity index (χ1v) is 4.56. The van der Waals surface area contributed by atoms with Crippen LogP contribution in [0.1, 0.15) is 5.56 Å². The third-order valence-electron chi connectivity index (χ3n) is 1.69. The second-order valence-electron chi connectivity index (χ2n) is 2.68. The number of carbonyl (C=O) groups is 1. The topological polar surface area (TPSA) is 80.4 Å². The highest BCUT2D eigenvalue weighted by molar-refractivity contribution is 9.10. The molecule has 0 saturated heterocycles. The van der Waals surface area contributed by atoms with Gasteiger partial charge in [0.1, 0.15) is 0 Å². The van der Waals surface area contributed by atoms with Gasteiger partial charge in [-0.1, -0.05) is 15.9 Å². The summed E-state index contributed by atoms with van der Waals surface area (Å²) in [5, 5.41) is 19.1. The first-order valence-electron chi connectivity index (χ1n) is 3.76. The van der Waals surface area contributed by atoms with Gasteiger partial charge in [-0.05, 0) is 12.1 Å². The molecule has 0 aliphatic carbocycles. The summed E-state index contributed by atoms with van der Waals surface area (Å²) in [5.41, 5.74) is -0.973. The molecule has 0 spiro atoms. The number of halogens is 2. The highest BCUT2D eigenvalue weighted by Crippen LogP contribution is 2.29. The second-order valence-corrected chi connectivity index (χ2v) is 3.54. The molecule has 0 aromatic heterocycles. The maximum Gasteiger partial charge on any atom is 0.309 e. The Kier molecular flexibility index (Phi) is 3.35. The zero-order chi connectivity index (χ0) is 11.6. The number of carboxylic acid groups (broad SMARTS) is 1. The van der Waals surface area contributed by atoms with Crippen molar-refractivity contribution in [2.24, 2.45) is 0 Å². The lowest BCUT2D eigenvalue weighted by Gasteiger charge is -2.03. The summed E-state index contributed by atoms with van der Waals surface area (Å²) in [4.78, 5) is 20.0. The molecule has 1 rings (SSSR count). The van der Waals surface area contributed by atoms with Gasteiger partial charge in [0.15, 0.2) is 0 Å². The zero-order valence-corrected chi connectivity index (χ0v) is 8.82. The van der Waals surface area contributed by atoms with E-state index in [1.807, 2.05) is 0 Å². The number of aliphatic carboxylic acids is 1. The Labute approximate surface area is 91.8 Å². The molecule has 0 amide bonds. The molecule has 0 aliphatic heterocycles. The number of carboxylic acids is 1. The fraction of sp³-hybridized carbons (Fsp3) is 0.125. The predicted octanol–water partition coefficient (Wildman–Crippen LogP) is 2.12. The highest BCUT2D eigenvalue weighted by atomic mass is 79.9. The molecule has 0 atom stereocenters. The molecule has 80 valence electrons. The van der Waals surface area contributed by atoms with Gasteiger partial charge in [-0.3, -0.25) is 14.9 Å². The van der Waals surface area contributed by atoms with Crippen LogP contribution < -0.4 is 0 Å². The summed E-state index contributed by atoms with van der Waals surface area (Å²) in [5.74, 6) is -2.30. The minimum atomic E-state index is -1.26. The van der Waals surface area contributed by atoms with E-state index >= 15 is 0 Å². The number of hydrogen-bond donors (Lipinski definition) is 1. The Morgan fingerprint density at radius 1 is 1.60 bits per heavy atom. The van der Waals surface area contributed by atoms with Crippen LogP contribution in [0.2, 0.25) is 0 Å². The summed E-state index contributed by atoms with van der Waals surface area (Å²) in [6.07, 6.45) is -0.603. The van der Waals surface area contributed by atoms with E-state index in [1.165, 1.54) is 6.07 Å². The van der Waals surface area contributed by atoms with Crippen molar-refractivity contribution in [3.8, 4) is 0 Å². The molecular weight excluding hydrogens is 273 g/mol. The summed E-state index contributed by atoms with van der Waals surface area (Å²) in [6, 6.07) is 2.15. The largest absolute Gasteiger partial charge is 0.481 e. The van der Waals surface area contributed by atoms with Crippen molar-refractivity contribution in [2.45, 2.75) is 6.42 Å². The number of nitro benzene ring substituents is 1. The first-order chi connectivity index (χ1) is 6.93.